The second kappa shape index (κ2) is 10.8. The summed E-state index contributed by atoms with van der Waals surface area (Å²) in [5.41, 5.74) is 8.07. The minimum atomic E-state index is -0.592. The first-order valence-electron chi connectivity index (χ1n) is 16.2. The largest absolute Gasteiger partial charge is 0.426 e. The van der Waals surface area contributed by atoms with Crippen LogP contribution in [0.25, 0.3) is 0 Å². The molecule has 7 heteroatoms. The van der Waals surface area contributed by atoms with E-state index < -0.39 is 23.7 Å². The SMILES string of the molecule is CCc1cccc(CC)c1N1C[C@H](C(=O)Oc2ccc(N3C(=O)[C@@H]4C5c6ccccc6C(c6ccccc65)[C@H]4C3=O)cc2)CC1=O. The van der Waals surface area contributed by atoms with Crippen molar-refractivity contribution < 1.29 is 23.9 Å². The molecule has 46 heavy (non-hydrogen) atoms. The smallest absolute Gasteiger partial charge is 0.316 e. The maximum Gasteiger partial charge on any atom is 0.316 e. The van der Waals surface area contributed by atoms with Gasteiger partial charge in [0.25, 0.3) is 0 Å². The van der Waals surface area contributed by atoms with Crippen LogP contribution in [0.3, 0.4) is 0 Å². The van der Waals surface area contributed by atoms with Crippen molar-refractivity contribution in [3.63, 3.8) is 0 Å². The summed E-state index contributed by atoms with van der Waals surface area (Å²) < 4.78 is 5.73. The number of benzene rings is 4. The van der Waals surface area contributed by atoms with E-state index in [4.69, 9.17) is 4.74 Å². The molecule has 0 N–H and O–H groups in total. The summed E-state index contributed by atoms with van der Waals surface area (Å²) in [6.07, 6.45) is 1.67. The minimum absolute atomic E-state index is 0.0845. The molecule has 3 amide bonds. The topological polar surface area (TPSA) is 84.0 Å². The van der Waals surface area contributed by atoms with Gasteiger partial charge in [-0.25, -0.2) is 4.90 Å². The van der Waals surface area contributed by atoms with E-state index in [9.17, 15) is 19.2 Å². The van der Waals surface area contributed by atoms with E-state index in [0.29, 0.717) is 11.4 Å². The van der Waals surface area contributed by atoms with Crippen LogP contribution < -0.4 is 14.5 Å². The third kappa shape index (κ3) is 4.10. The van der Waals surface area contributed by atoms with E-state index in [0.717, 1.165) is 51.9 Å². The molecule has 9 rings (SSSR count). The van der Waals surface area contributed by atoms with Crippen molar-refractivity contribution in [1.29, 1.82) is 0 Å². The van der Waals surface area contributed by atoms with E-state index in [1.165, 1.54) is 4.90 Å². The number of imide groups is 1. The van der Waals surface area contributed by atoms with Gasteiger partial charge in [-0.3, -0.25) is 19.2 Å². The van der Waals surface area contributed by atoms with Crippen LogP contribution in [-0.4, -0.2) is 30.2 Å². The number of ether oxygens (including phenoxy) is 1. The lowest BCUT2D eigenvalue weighted by Crippen LogP contribution is -2.41. The van der Waals surface area contributed by atoms with Crippen LogP contribution in [0.5, 0.6) is 5.75 Å². The molecule has 2 saturated heterocycles. The Hall–Kier alpha value is -5.04. The van der Waals surface area contributed by atoms with E-state index in [1.807, 2.05) is 42.5 Å². The first-order valence-corrected chi connectivity index (χ1v) is 16.2. The molecule has 5 aliphatic rings. The predicted molar refractivity (Wildman–Crippen MR) is 174 cm³/mol. The van der Waals surface area contributed by atoms with Gasteiger partial charge in [-0.15, -0.1) is 0 Å². The van der Waals surface area contributed by atoms with Crippen molar-refractivity contribution in [2.75, 3.05) is 16.3 Å². The summed E-state index contributed by atoms with van der Waals surface area (Å²) in [5.74, 6) is -2.50. The van der Waals surface area contributed by atoms with Crippen molar-refractivity contribution in [3.05, 3.63) is 124 Å². The number of hydrogen-bond acceptors (Lipinski definition) is 5. The molecule has 0 spiro atoms. The van der Waals surface area contributed by atoms with Crippen molar-refractivity contribution in [2.45, 2.75) is 44.9 Å². The summed E-state index contributed by atoms with van der Waals surface area (Å²) in [6.45, 7) is 4.40. The first kappa shape index (κ1) is 28.4. The van der Waals surface area contributed by atoms with Crippen LogP contribution in [0.15, 0.2) is 91.0 Å². The molecule has 2 heterocycles. The highest BCUT2D eigenvalue weighted by molar-refractivity contribution is 6.23. The van der Waals surface area contributed by atoms with Crippen molar-refractivity contribution in [2.24, 2.45) is 17.8 Å². The number of rotatable bonds is 6. The predicted octanol–water partition coefficient (Wildman–Crippen LogP) is 6.17. The monoisotopic (exact) mass is 610 g/mol. The van der Waals surface area contributed by atoms with Gasteiger partial charge in [-0.05, 0) is 70.5 Å². The molecule has 0 saturated carbocycles. The number of hydrogen-bond donors (Lipinski definition) is 0. The van der Waals surface area contributed by atoms with E-state index in [-0.39, 0.29) is 42.5 Å². The highest BCUT2D eigenvalue weighted by Gasteiger charge is 2.61. The molecule has 230 valence electrons. The summed E-state index contributed by atoms with van der Waals surface area (Å²) in [7, 11) is 0. The summed E-state index contributed by atoms with van der Waals surface area (Å²) in [4.78, 5) is 57.5. The average molecular weight is 611 g/mol. The molecule has 3 aliphatic carbocycles. The van der Waals surface area contributed by atoms with Crippen LogP contribution in [0.1, 0.15) is 65.5 Å². The summed E-state index contributed by atoms with van der Waals surface area (Å²) >= 11 is 0. The van der Waals surface area contributed by atoms with Crippen molar-refractivity contribution in [3.8, 4) is 5.75 Å². The number of carbonyl (C=O) groups excluding carboxylic acids is 4. The van der Waals surface area contributed by atoms with Crippen LogP contribution in [0, 0.1) is 17.8 Å². The normalized spacial score (nSPS) is 24.2. The third-order valence-corrected chi connectivity index (χ3v) is 10.5. The van der Waals surface area contributed by atoms with Gasteiger partial charge < -0.3 is 9.64 Å². The number of aryl methyl sites for hydroxylation is 2. The molecule has 4 aromatic carbocycles. The fourth-order valence-corrected chi connectivity index (χ4v) is 8.44. The number of nitrogens with zero attached hydrogens (tertiary/aromatic N) is 2. The molecule has 4 aromatic rings. The Morgan fingerprint density at radius 3 is 1.67 bits per heavy atom. The van der Waals surface area contributed by atoms with Crippen LogP contribution >= 0.6 is 0 Å². The van der Waals surface area contributed by atoms with Crippen molar-refractivity contribution >= 4 is 35.1 Å². The van der Waals surface area contributed by atoms with Gasteiger partial charge in [-0.2, -0.15) is 0 Å². The van der Waals surface area contributed by atoms with Crippen molar-refractivity contribution in [1.82, 2.24) is 0 Å². The Bertz CT molecular complexity index is 1790. The zero-order valence-electron chi connectivity index (χ0n) is 25.8. The second-order valence-corrected chi connectivity index (χ2v) is 12.7. The van der Waals surface area contributed by atoms with Gasteiger partial charge in [0.1, 0.15) is 5.75 Å². The number of anilines is 2. The Kier molecular flexibility index (Phi) is 6.67. The highest BCUT2D eigenvalue weighted by atomic mass is 16.5. The Balaban J connectivity index is 1.01. The lowest BCUT2D eigenvalue weighted by Gasteiger charge is -2.45. The Morgan fingerprint density at radius 2 is 1.20 bits per heavy atom. The zero-order chi connectivity index (χ0) is 31.7. The van der Waals surface area contributed by atoms with Gasteiger partial charge in [-0.1, -0.05) is 80.6 Å². The van der Waals surface area contributed by atoms with Gasteiger partial charge in [0.15, 0.2) is 0 Å². The molecule has 0 radical (unpaired) electrons. The maximum atomic E-state index is 14.0. The molecular weight excluding hydrogens is 576 g/mol. The fourth-order valence-electron chi connectivity index (χ4n) is 8.44. The van der Waals surface area contributed by atoms with Gasteiger partial charge in [0, 0.05) is 30.5 Å². The van der Waals surface area contributed by atoms with Crippen LogP contribution in [0.2, 0.25) is 0 Å². The van der Waals surface area contributed by atoms with E-state index >= 15 is 0 Å². The second-order valence-electron chi connectivity index (χ2n) is 12.7. The minimum Gasteiger partial charge on any atom is -0.426 e. The lowest BCUT2D eigenvalue weighted by molar-refractivity contribution is -0.139. The molecule has 2 bridgehead atoms. The van der Waals surface area contributed by atoms with E-state index in [2.05, 4.69) is 38.1 Å². The van der Waals surface area contributed by atoms with Crippen LogP contribution in [0.4, 0.5) is 11.4 Å². The fraction of sp³-hybridized carbons (Fsp3) is 0.282. The number of para-hydroxylation sites is 1. The first-order chi connectivity index (χ1) is 22.4. The molecular formula is C39H34N2O5. The molecule has 7 nitrogen and oxygen atoms in total. The molecule has 2 aliphatic heterocycles. The highest BCUT2D eigenvalue weighted by Crippen LogP contribution is 2.61. The van der Waals surface area contributed by atoms with Gasteiger partial charge >= 0.3 is 5.97 Å². The standard InChI is InChI=1S/C39H34N2O5/c1-3-22-10-9-11-23(4-2)36(22)40-21-24(20-31(40)42)39(45)46-26-18-16-25(17-19-26)41-37(43)34-32-27-12-5-6-13-28(27)33(35(34)38(41)44)30-15-8-7-14-29(30)32/h5-19,24,32-35H,3-4,20-21H2,1-2H3/t24-,32?,33?,34-,35-/m1/s1. The Morgan fingerprint density at radius 1 is 0.696 bits per heavy atom. The summed E-state index contributed by atoms with van der Waals surface area (Å²) in [6, 6.07) is 29.0. The van der Waals surface area contributed by atoms with Gasteiger partial charge in [0.05, 0.1) is 23.4 Å². The molecule has 0 unspecified atom stereocenters. The molecule has 2 fully saturated rings. The molecule has 0 aromatic heterocycles. The van der Waals surface area contributed by atoms with E-state index in [1.54, 1.807) is 29.2 Å². The quantitative estimate of drug-likeness (QED) is 0.148. The number of esters is 1. The lowest BCUT2D eigenvalue weighted by atomic mass is 9.55. The number of amides is 3. The zero-order valence-corrected chi connectivity index (χ0v) is 25.8. The Labute approximate surface area is 267 Å². The molecule has 3 atom stereocenters. The maximum absolute atomic E-state index is 14.0. The third-order valence-electron chi connectivity index (χ3n) is 10.5. The van der Waals surface area contributed by atoms with Gasteiger partial charge in [0.2, 0.25) is 17.7 Å². The van der Waals surface area contributed by atoms with Crippen LogP contribution in [-0.2, 0) is 32.0 Å². The average Bonchev–Trinajstić information content (AvgIpc) is 3.61. The number of carbonyl (C=O) groups is 4. The summed E-state index contributed by atoms with van der Waals surface area (Å²) in [5, 5.41) is 0.